The highest BCUT2D eigenvalue weighted by Crippen LogP contribution is 2.31. The largest absolute Gasteiger partial charge is 0.871 e. The van der Waals surface area contributed by atoms with Gasteiger partial charge in [0.05, 0.1) is 16.1 Å². The van der Waals surface area contributed by atoms with Gasteiger partial charge in [-0.3, -0.25) is 29.4 Å². The maximum absolute atomic E-state index is 12.6. The molecular weight excluding hydrogens is 366 g/mol. The summed E-state index contributed by atoms with van der Waals surface area (Å²) in [6.45, 7) is 5.17. The van der Waals surface area contributed by atoms with E-state index in [1.54, 1.807) is 20.8 Å². The first-order valence-corrected chi connectivity index (χ1v) is 8.30. The number of non-ortho nitro benzene ring substituents is 1. The molecule has 1 heterocycles. The van der Waals surface area contributed by atoms with Crippen molar-refractivity contribution in [2.75, 3.05) is 5.32 Å². The van der Waals surface area contributed by atoms with Gasteiger partial charge in [0.1, 0.15) is 0 Å². The van der Waals surface area contributed by atoms with Crippen molar-refractivity contribution >= 4 is 29.1 Å². The topological polar surface area (TPSA) is 133 Å². The van der Waals surface area contributed by atoms with Crippen LogP contribution in [-0.4, -0.2) is 33.1 Å². The first-order valence-electron chi connectivity index (χ1n) is 8.30. The lowest BCUT2D eigenvalue weighted by Gasteiger charge is -2.29. The Labute approximate surface area is 159 Å². The second kappa shape index (κ2) is 6.45. The van der Waals surface area contributed by atoms with Gasteiger partial charge in [-0.15, -0.1) is 0 Å². The fraction of sp³-hybridized carbons (Fsp3) is 0.211. The molecule has 0 saturated heterocycles. The summed E-state index contributed by atoms with van der Waals surface area (Å²) < 4.78 is 0. The lowest BCUT2D eigenvalue weighted by atomic mass is 10.1. The molecule has 9 heteroatoms. The van der Waals surface area contributed by atoms with E-state index in [9.17, 15) is 29.6 Å². The minimum atomic E-state index is -0.727. The molecule has 0 unspecified atom stereocenters. The van der Waals surface area contributed by atoms with Crippen LogP contribution in [0.1, 0.15) is 51.8 Å². The molecule has 0 fully saturated rings. The number of fused-ring (bicyclic) bond motifs is 1. The van der Waals surface area contributed by atoms with Crippen LogP contribution in [0.4, 0.5) is 11.4 Å². The van der Waals surface area contributed by atoms with E-state index in [1.807, 2.05) is 0 Å². The molecule has 3 rings (SSSR count). The summed E-state index contributed by atoms with van der Waals surface area (Å²) >= 11 is 0. The highest BCUT2D eigenvalue weighted by molar-refractivity contribution is 6.22. The molecule has 0 saturated carbocycles. The van der Waals surface area contributed by atoms with Gasteiger partial charge >= 0.3 is 0 Å². The van der Waals surface area contributed by atoms with Crippen LogP contribution in [0.3, 0.4) is 0 Å². The molecule has 2 aromatic carbocycles. The van der Waals surface area contributed by atoms with Gasteiger partial charge in [-0.1, -0.05) is 11.8 Å². The second-order valence-electron chi connectivity index (χ2n) is 7.27. The van der Waals surface area contributed by atoms with E-state index in [0.717, 1.165) is 23.1 Å². The number of imide groups is 1. The third kappa shape index (κ3) is 3.18. The van der Waals surface area contributed by atoms with E-state index in [1.165, 1.54) is 18.2 Å². The van der Waals surface area contributed by atoms with Crippen molar-refractivity contribution in [1.29, 1.82) is 0 Å². The Balaban J connectivity index is 1.92. The molecule has 9 nitrogen and oxygen atoms in total. The number of rotatable bonds is 3. The molecule has 0 aromatic heterocycles. The lowest BCUT2D eigenvalue weighted by molar-refractivity contribution is -0.385. The van der Waals surface area contributed by atoms with Gasteiger partial charge in [-0.2, -0.15) is 0 Å². The van der Waals surface area contributed by atoms with Crippen LogP contribution >= 0.6 is 0 Å². The van der Waals surface area contributed by atoms with Gasteiger partial charge in [0.25, 0.3) is 23.4 Å². The van der Waals surface area contributed by atoms with E-state index in [2.05, 4.69) is 5.32 Å². The molecule has 2 aromatic rings. The molecule has 1 N–H and O–H groups in total. The lowest BCUT2D eigenvalue weighted by Crippen LogP contribution is -2.45. The third-order valence-corrected chi connectivity index (χ3v) is 4.24. The Bertz CT molecular complexity index is 1040. The normalized spacial score (nSPS) is 13.5. The van der Waals surface area contributed by atoms with Crippen molar-refractivity contribution in [3.8, 4) is 5.75 Å². The van der Waals surface area contributed by atoms with Crippen LogP contribution < -0.4 is 10.4 Å². The molecule has 1 aliphatic rings. The van der Waals surface area contributed by atoms with Gasteiger partial charge in [0, 0.05) is 28.9 Å². The number of hydrogen-bond donors (Lipinski definition) is 1. The number of anilines is 1. The summed E-state index contributed by atoms with van der Waals surface area (Å²) in [7, 11) is 0. The van der Waals surface area contributed by atoms with Crippen molar-refractivity contribution in [2.24, 2.45) is 0 Å². The number of amides is 3. The number of nitrogens with one attached hydrogen (secondary N) is 1. The Morgan fingerprint density at radius 2 is 1.68 bits per heavy atom. The minimum Gasteiger partial charge on any atom is -0.871 e. The maximum Gasteiger partial charge on any atom is 0.271 e. The number of benzene rings is 2. The molecule has 0 radical (unpaired) electrons. The summed E-state index contributed by atoms with van der Waals surface area (Å²) in [5, 5.41) is 25.0. The van der Waals surface area contributed by atoms with Gasteiger partial charge < -0.3 is 10.4 Å². The van der Waals surface area contributed by atoms with Gasteiger partial charge in [-0.05, 0) is 39.0 Å². The molecular formula is C19H16N3O6-. The summed E-state index contributed by atoms with van der Waals surface area (Å²) in [4.78, 5) is 48.8. The number of hydrogen-bond acceptors (Lipinski definition) is 6. The van der Waals surface area contributed by atoms with Gasteiger partial charge in [0.2, 0.25) is 0 Å². The molecule has 1 aliphatic heterocycles. The van der Waals surface area contributed by atoms with Crippen molar-refractivity contribution in [3.63, 3.8) is 0 Å². The van der Waals surface area contributed by atoms with E-state index in [-0.39, 0.29) is 28.1 Å². The van der Waals surface area contributed by atoms with Crippen molar-refractivity contribution in [1.82, 2.24) is 4.90 Å². The number of carbonyl (C=O) groups excluding carboxylic acids is 3. The maximum atomic E-state index is 12.6. The van der Waals surface area contributed by atoms with E-state index >= 15 is 0 Å². The summed E-state index contributed by atoms with van der Waals surface area (Å²) in [6, 6.07) is 7.00. The number of nitrogens with zero attached hydrogens (tertiary/aromatic N) is 2. The Kier molecular flexibility index (Phi) is 4.38. The van der Waals surface area contributed by atoms with E-state index in [0.29, 0.717) is 0 Å². The predicted molar refractivity (Wildman–Crippen MR) is 97.2 cm³/mol. The monoisotopic (exact) mass is 382 g/mol. The van der Waals surface area contributed by atoms with Gasteiger partial charge in [0.15, 0.2) is 0 Å². The summed E-state index contributed by atoms with van der Waals surface area (Å²) in [5.41, 5.74) is -0.994. The average molecular weight is 382 g/mol. The zero-order valence-corrected chi connectivity index (χ0v) is 15.3. The second-order valence-corrected chi connectivity index (χ2v) is 7.27. The number of nitro benzene ring substituents is 1. The third-order valence-electron chi connectivity index (χ3n) is 4.24. The molecule has 3 amide bonds. The molecule has 144 valence electrons. The smallest absolute Gasteiger partial charge is 0.271 e. The van der Waals surface area contributed by atoms with Crippen LogP contribution in [0.5, 0.6) is 5.75 Å². The summed E-state index contributed by atoms with van der Waals surface area (Å²) in [5.74, 6) is -2.28. The number of nitro groups is 1. The van der Waals surface area contributed by atoms with E-state index in [4.69, 9.17) is 0 Å². The standard InChI is InChI=1S/C19H17N3O6/c1-19(2,3)21-17(25)12-6-4-10(8-13(12)18(21)26)16(24)20-14-9-11(22(27)28)5-7-15(14)23/h4-9,23H,1-3H3,(H,20,24)/p-1. The first kappa shape index (κ1) is 19.0. The molecule has 0 bridgehead atoms. The van der Waals surface area contributed by atoms with Crippen molar-refractivity contribution in [3.05, 3.63) is 63.2 Å². The fourth-order valence-electron chi connectivity index (χ4n) is 2.92. The zero-order chi connectivity index (χ0) is 20.8. The van der Waals surface area contributed by atoms with Crippen LogP contribution in [-0.2, 0) is 0 Å². The van der Waals surface area contributed by atoms with Gasteiger partial charge in [-0.25, -0.2) is 0 Å². The first-order chi connectivity index (χ1) is 13.0. The summed E-state index contributed by atoms with van der Waals surface area (Å²) in [6.07, 6.45) is 0. The fourth-order valence-corrected chi connectivity index (χ4v) is 2.92. The zero-order valence-electron chi connectivity index (χ0n) is 15.3. The number of carbonyl (C=O) groups is 3. The minimum absolute atomic E-state index is 0.0431. The highest BCUT2D eigenvalue weighted by Gasteiger charge is 2.42. The van der Waals surface area contributed by atoms with Crippen LogP contribution in [0.2, 0.25) is 0 Å². The van der Waals surface area contributed by atoms with Crippen molar-refractivity contribution in [2.45, 2.75) is 26.3 Å². The van der Waals surface area contributed by atoms with Crippen LogP contribution in [0, 0.1) is 10.1 Å². The molecule has 28 heavy (non-hydrogen) atoms. The molecule has 0 aliphatic carbocycles. The average Bonchev–Trinajstić information content (AvgIpc) is 2.86. The van der Waals surface area contributed by atoms with Crippen molar-refractivity contribution < 1.29 is 24.4 Å². The van der Waals surface area contributed by atoms with E-state index < -0.39 is 33.9 Å². The van der Waals surface area contributed by atoms with Crippen LogP contribution in [0.25, 0.3) is 0 Å². The SMILES string of the molecule is CC(C)(C)N1C(=O)c2ccc(C(=O)Nc3cc([N+](=O)[O-])ccc3[O-])cc2C1=O. The Morgan fingerprint density at radius 1 is 1.04 bits per heavy atom. The quantitative estimate of drug-likeness (QED) is 0.492. The predicted octanol–water partition coefficient (Wildman–Crippen LogP) is 2.32. The molecule has 0 spiro atoms. The Hall–Kier alpha value is -3.75. The molecule has 0 atom stereocenters. The highest BCUT2D eigenvalue weighted by atomic mass is 16.6. The Morgan fingerprint density at radius 3 is 2.29 bits per heavy atom. The van der Waals surface area contributed by atoms with Crippen LogP contribution in [0.15, 0.2) is 36.4 Å².